The van der Waals surface area contributed by atoms with Gasteiger partial charge in [0.15, 0.2) is 0 Å². The molecule has 1 heterocycles. The molecule has 0 unspecified atom stereocenters. The van der Waals surface area contributed by atoms with E-state index in [-0.39, 0.29) is 30.1 Å². The summed E-state index contributed by atoms with van der Waals surface area (Å²) in [5, 5.41) is 9.23. The van der Waals surface area contributed by atoms with E-state index in [9.17, 15) is 5.11 Å². The number of halogens is 1. The highest BCUT2D eigenvalue weighted by Gasteiger charge is 2.26. The fourth-order valence-corrected chi connectivity index (χ4v) is 1.49. The second kappa shape index (κ2) is 4.62. The van der Waals surface area contributed by atoms with Crippen LogP contribution < -0.4 is 24.0 Å². The third-order valence-corrected chi connectivity index (χ3v) is 2.77. The molecular weight excluding hydrogens is 253 g/mol. The van der Waals surface area contributed by atoms with Crippen molar-refractivity contribution in [1.82, 2.24) is 0 Å². The van der Waals surface area contributed by atoms with Gasteiger partial charge < -0.3 is 33.6 Å². The molecule has 0 aromatic carbocycles. The number of likely N-dealkylation sites (tertiary alicyclic amines) is 1. The van der Waals surface area contributed by atoms with Gasteiger partial charge in [0.1, 0.15) is 0 Å². The molecule has 0 aromatic heterocycles. The molecular formula is C8H18INO. The number of hydrogen-bond acceptors (Lipinski definition) is 1. The SMILES string of the molecule is CC[N+]1(C)CCC(O)CC1.[I-]. The van der Waals surface area contributed by atoms with Crippen molar-refractivity contribution in [2.24, 2.45) is 0 Å². The van der Waals surface area contributed by atoms with Gasteiger partial charge in [-0.1, -0.05) is 0 Å². The minimum absolute atomic E-state index is 0. The Balaban J connectivity index is 0.000001000. The van der Waals surface area contributed by atoms with Crippen LogP contribution in [0.25, 0.3) is 0 Å². The first-order chi connectivity index (χ1) is 4.66. The van der Waals surface area contributed by atoms with Crippen LogP contribution in [-0.4, -0.2) is 42.4 Å². The number of quaternary nitrogens is 1. The zero-order chi connectivity index (χ0) is 7.61. The topological polar surface area (TPSA) is 20.2 Å². The van der Waals surface area contributed by atoms with Crippen molar-refractivity contribution in [3.05, 3.63) is 0 Å². The first kappa shape index (κ1) is 11.6. The van der Waals surface area contributed by atoms with Crippen LogP contribution in [0.5, 0.6) is 0 Å². The molecule has 1 saturated heterocycles. The van der Waals surface area contributed by atoms with E-state index in [1.165, 1.54) is 6.54 Å². The lowest BCUT2D eigenvalue weighted by Gasteiger charge is -2.38. The average Bonchev–Trinajstić information content (AvgIpc) is 1.96. The third kappa shape index (κ3) is 3.25. The van der Waals surface area contributed by atoms with Crippen LogP contribution in [0.1, 0.15) is 19.8 Å². The summed E-state index contributed by atoms with van der Waals surface area (Å²) in [6.07, 6.45) is 1.96. The first-order valence-corrected chi connectivity index (χ1v) is 4.18. The zero-order valence-corrected chi connectivity index (χ0v) is 9.54. The van der Waals surface area contributed by atoms with Crippen LogP contribution in [0.15, 0.2) is 0 Å². The van der Waals surface area contributed by atoms with Crippen molar-refractivity contribution in [1.29, 1.82) is 0 Å². The second-order valence-electron chi connectivity index (χ2n) is 3.61. The molecule has 2 nitrogen and oxygen atoms in total. The van der Waals surface area contributed by atoms with Gasteiger partial charge in [0.25, 0.3) is 0 Å². The predicted molar refractivity (Wildman–Crippen MR) is 41.7 cm³/mol. The van der Waals surface area contributed by atoms with Gasteiger partial charge in [-0.3, -0.25) is 0 Å². The Bertz CT molecular complexity index is 111. The molecule has 0 spiro atoms. The van der Waals surface area contributed by atoms with Gasteiger partial charge in [-0.25, -0.2) is 0 Å². The molecule has 0 amide bonds. The van der Waals surface area contributed by atoms with Crippen LogP contribution >= 0.6 is 0 Å². The molecule has 0 saturated carbocycles. The van der Waals surface area contributed by atoms with E-state index in [2.05, 4.69) is 14.0 Å². The molecule has 1 fully saturated rings. The van der Waals surface area contributed by atoms with Gasteiger partial charge in [-0.05, 0) is 6.92 Å². The van der Waals surface area contributed by atoms with Crippen molar-refractivity contribution in [3.8, 4) is 0 Å². The van der Waals surface area contributed by atoms with E-state index in [0.717, 1.165) is 30.4 Å². The van der Waals surface area contributed by atoms with Crippen LogP contribution in [0, 0.1) is 0 Å². The molecule has 1 N–H and O–H groups in total. The maximum absolute atomic E-state index is 9.23. The van der Waals surface area contributed by atoms with Gasteiger partial charge in [0, 0.05) is 12.8 Å². The fraction of sp³-hybridized carbons (Fsp3) is 1.00. The molecule has 1 aliphatic heterocycles. The lowest BCUT2D eigenvalue weighted by atomic mass is 10.1. The first-order valence-electron chi connectivity index (χ1n) is 4.18. The number of hydrogen-bond donors (Lipinski definition) is 1. The van der Waals surface area contributed by atoms with E-state index >= 15 is 0 Å². The Kier molecular flexibility index (Phi) is 4.89. The molecule has 0 aliphatic carbocycles. The van der Waals surface area contributed by atoms with E-state index in [1.807, 2.05) is 0 Å². The maximum atomic E-state index is 9.23. The van der Waals surface area contributed by atoms with Gasteiger partial charge >= 0.3 is 0 Å². The Morgan fingerprint density at radius 1 is 1.36 bits per heavy atom. The number of rotatable bonds is 1. The number of nitrogens with zero attached hydrogens (tertiary/aromatic N) is 1. The molecule has 3 heteroatoms. The summed E-state index contributed by atoms with van der Waals surface area (Å²) >= 11 is 0. The monoisotopic (exact) mass is 271 g/mol. The standard InChI is InChI=1S/C8H18NO.HI/c1-3-9(2)6-4-8(10)5-7-9;/h8,10H,3-7H2,1-2H3;1H/q+1;/p-1. The van der Waals surface area contributed by atoms with E-state index in [1.54, 1.807) is 0 Å². The highest BCUT2D eigenvalue weighted by molar-refractivity contribution is 4.60. The van der Waals surface area contributed by atoms with Crippen LogP contribution in [-0.2, 0) is 0 Å². The summed E-state index contributed by atoms with van der Waals surface area (Å²) in [5.41, 5.74) is 0. The quantitative estimate of drug-likeness (QED) is 0.417. The van der Waals surface area contributed by atoms with E-state index < -0.39 is 0 Å². The summed E-state index contributed by atoms with van der Waals surface area (Å²) < 4.78 is 1.15. The largest absolute Gasteiger partial charge is 1.00 e. The Morgan fingerprint density at radius 2 is 1.82 bits per heavy atom. The summed E-state index contributed by atoms with van der Waals surface area (Å²) in [4.78, 5) is 0. The summed E-state index contributed by atoms with van der Waals surface area (Å²) in [6.45, 7) is 5.72. The number of aliphatic hydroxyl groups is 1. The molecule has 0 aromatic rings. The van der Waals surface area contributed by atoms with Gasteiger partial charge in [0.05, 0.1) is 32.8 Å². The third-order valence-electron chi connectivity index (χ3n) is 2.77. The van der Waals surface area contributed by atoms with Gasteiger partial charge in [0.2, 0.25) is 0 Å². The van der Waals surface area contributed by atoms with Crippen molar-refractivity contribution in [2.75, 3.05) is 26.7 Å². The lowest BCUT2D eigenvalue weighted by Crippen LogP contribution is -3.00. The van der Waals surface area contributed by atoms with Gasteiger partial charge in [-0.15, -0.1) is 0 Å². The van der Waals surface area contributed by atoms with Crippen LogP contribution in [0.2, 0.25) is 0 Å². The highest BCUT2D eigenvalue weighted by Crippen LogP contribution is 2.15. The van der Waals surface area contributed by atoms with Crippen molar-refractivity contribution < 1.29 is 33.6 Å². The molecule has 0 bridgehead atoms. The minimum atomic E-state index is -0.0160. The predicted octanol–water partition coefficient (Wildman–Crippen LogP) is -2.39. The normalized spacial score (nSPS) is 37.9. The molecule has 0 atom stereocenters. The van der Waals surface area contributed by atoms with Crippen molar-refractivity contribution in [3.63, 3.8) is 0 Å². The van der Waals surface area contributed by atoms with Crippen LogP contribution in [0.3, 0.4) is 0 Å². The summed E-state index contributed by atoms with van der Waals surface area (Å²) in [6, 6.07) is 0. The fourth-order valence-electron chi connectivity index (χ4n) is 1.49. The van der Waals surface area contributed by atoms with Crippen molar-refractivity contribution in [2.45, 2.75) is 25.9 Å². The van der Waals surface area contributed by atoms with Crippen LogP contribution in [0.4, 0.5) is 0 Å². The number of piperidine rings is 1. The lowest BCUT2D eigenvalue weighted by molar-refractivity contribution is -0.913. The Labute approximate surface area is 86.2 Å². The number of aliphatic hydroxyl groups excluding tert-OH is 1. The summed E-state index contributed by atoms with van der Waals surface area (Å²) in [7, 11) is 2.27. The van der Waals surface area contributed by atoms with Gasteiger partial charge in [-0.2, -0.15) is 0 Å². The average molecular weight is 271 g/mol. The zero-order valence-electron chi connectivity index (χ0n) is 7.39. The highest BCUT2D eigenvalue weighted by atomic mass is 127. The Morgan fingerprint density at radius 3 is 2.18 bits per heavy atom. The molecule has 1 aliphatic rings. The molecule has 68 valence electrons. The van der Waals surface area contributed by atoms with Crippen molar-refractivity contribution >= 4 is 0 Å². The molecule has 11 heavy (non-hydrogen) atoms. The van der Waals surface area contributed by atoms with E-state index in [4.69, 9.17) is 0 Å². The maximum Gasteiger partial charge on any atom is 0.0809 e. The minimum Gasteiger partial charge on any atom is -1.00 e. The smallest absolute Gasteiger partial charge is 0.0809 e. The summed E-state index contributed by atoms with van der Waals surface area (Å²) in [5.74, 6) is 0. The Hall–Kier alpha value is 0.650. The molecule has 0 radical (unpaired) electrons. The molecule has 1 rings (SSSR count). The van der Waals surface area contributed by atoms with E-state index in [0.29, 0.717) is 0 Å². The second-order valence-corrected chi connectivity index (χ2v) is 3.61.